The monoisotopic (exact) mass is 294 g/mol. The van der Waals surface area contributed by atoms with Gasteiger partial charge in [0.1, 0.15) is 0 Å². The molecule has 0 unspecified atom stereocenters. The maximum Gasteiger partial charge on any atom is 0.316 e. The minimum Gasteiger partial charge on any atom is -0.344 e. The van der Waals surface area contributed by atoms with Crippen molar-refractivity contribution in [2.45, 2.75) is 24.7 Å². The summed E-state index contributed by atoms with van der Waals surface area (Å²) >= 11 is 0. The molecule has 0 saturated heterocycles. The molecule has 0 spiro atoms. The quantitative estimate of drug-likeness (QED) is 0.604. The van der Waals surface area contributed by atoms with Gasteiger partial charge in [-0.1, -0.05) is 0 Å². The Morgan fingerprint density at radius 1 is 0.882 bits per heavy atom. The van der Waals surface area contributed by atoms with Crippen molar-refractivity contribution in [2.24, 2.45) is 0 Å². The summed E-state index contributed by atoms with van der Waals surface area (Å²) in [6.07, 6.45) is -13.6. The van der Waals surface area contributed by atoms with Crippen molar-refractivity contribution in [3.05, 3.63) is 0 Å². The van der Waals surface area contributed by atoms with Gasteiger partial charge in [-0.2, -0.15) is 17.6 Å². The summed E-state index contributed by atoms with van der Waals surface area (Å²) < 4.78 is 106. The van der Waals surface area contributed by atoms with Gasteiger partial charge in [0.15, 0.2) is 0 Å². The van der Waals surface area contributed by atoms with Crippen LogP contribution in [0, 0.1) is 0 Å². The van der Waals surface area contributed by atoms with Gasteiger partial charge < -0.3 is 4.89 Å². The van der Waals surface area contributed by atoms with E-state index in [1.807, 2.05) is 0 Å². The van der Waals surface area contributed by atoms with E-state index in [0.717, 1.165) is 0 Å². The number of hydrogen-bond donors (Lipinski definition) is 1. The summed E-state index contributed by atoms with van der Waals surface area (Å²) in [5.41, 5.74) is 0. The highest BCUT2D eigenvalue weighted by Crippen LogP contribution is 2.51. The normalized spacial score (nSPS) is 14.8. The zero-order valence-electron chi connectivity index (χ0n) is 7.90. The highest BCUT2D eigenvalue weighted by molar-refractivity contribution is 7.58. The fourth-order valence-corrected chi connectivity index (χ4v) is 2.56. The number of halogens is 8. The smallest absolute Gasteiger partial charge is 0.316 e. The van der Waals surface area contributed by atoms with Crippen LogP contribution in [-0.2, 0) is 4.57 Å². The van der Waals surface area contributed by atoms with Gasteiger partial charge in [-0.05, 0) is 0 Å². The predicted octanol–water partition coefficient (Wildman–Crippen LogP) is 3.06. The number of alkyl halides is 8. The molecule has 0 aromatic carbocycles. The first-order chi connectivity index (χ1) is 7.30. The largest absolute Gasteiger partial charge is 0.344 e. The lowest BCUT2D eigenvalue weighted by Crippen LogP contribution is -2.36. The van der Waals surface area contributed by atoms with Gasteiger partial charge in [0.25, 0.3) is 0 Å². The third kappa shape index (κ3) is 5.20. The molecule has 1 N–H and O–H groups in total. The lowest BCUT2D eigenvalue weighted by molar-refractivity contribution is -0.118. The first kappa shape index (κ1) is 16.6. The maximum atomic E-state index is 12.3. The van der Waals surface area contributed by atoms with Gasteiger partial charge in [-0.15, -0.1) is 0 Å². The molecule has 0 bridgehead atoms. The van der Waals surface area contributed by atoms with Gasteiger partial charge in [-0.25, -0.2) is 17.6 Å². The van der Waals surface area contributed by atoms with Gasteiger partial charge in [0, 0.05) is 0 Å². The third-order valence-corrected chi connectivity index (χ3v) is 3.39. The summed E-state index contributed by atoms with van der Waals surface area (Å²) in [4.78, 5) is 8.61. The van der Waals surface area contributed by atoms with Crippen LogP contribution in [0.4, 0.5) is 35.1 Å². The SMILES string of the molecule is O=P(O)(CC(F)(F)C(F)F)CC(F)(F)C(F)F. The Hall–Kier alpha value is -0.370. The van der Waals surface area contributed by atoms with Gasteiger partial charge >= 0.3 is 24.7 Å². The van der Waals surface area contributed by atoms with E-state index in [1.165, 1.54) is 0 Å². The summed E-state index contributed by atoms with van der Waals surface area (Å²) in [5.74, 6) is -9.97. The molecular weight excluding hydrogens is 287 g/mol. The van der Waals surface area contributed by atoms with Crippen LogP contribution in [0.15, 0.2) is 0 Å². The minimum absolute atomic E-state index is 2.47. The predicted molar refractivity (Wildman–Crippen MR) is 41.5 cm³/mol. The molecule has 2 nitrogen and oxygen atoms in total. The van der Waals surface area contributed by atoms with Crippen LogP contribution in [0.3, 0.4) is 0 Å². The Morgan fingerprint density at radius 3 is 1.29 bits per heavy atom. The summed E-state index contributed by atoms with van der Waals surface area (Å²) in [6.45, 7) is 0. The van der Waals surface area contributed by atoms with Crippen LogP contribution >= 0.6 is 7.37 Å². The molecule has 0 fully saturated rings. The van der Waals surface area contributed by atoms with E-state index in [4.69, 9.17) is 4.89 Å². The van der Waals surface area contributed by atoms with Gasteiger partial charge in [0.2, 0.25) is 7.37 Å². The Balaban J connectivity index is 4.78. The fourth-order valence-electron chi connectivity index (χ4n) is 0.853. The van der Waals surface area contributed by atoms with Gasteiger partial charge in [0.05, 0.1) is 12.3 Å². The second kappa shape index (κ2) is 5.09. The summed E-state index contributed by atoms with van der Waals surface area (Å²) in [7, 11) is -5.50. The van der Waals surface area contributed by atoms with E-state index >= 15 is 0 Å². The standard InChI is InChI=1S/C6H7F8O2P/c7-3(8)5(11,12)1-17(15,16)2-6(13,14)4(9)10/h3-4H,1-2H2,(H,15,16). The molecule has 0 aliphatic carbocycles. The molecule has 0 aromatic heterocycles. The molecule has 0 atom stereocenters. The van der Waals surface area contributed by atoms with Crippen molar-refractivity contribution in [2.75, 3.05) is 12.3 Å². The number of rotatable bonds is 6. The minimum atomic E-state index is -5.50. The van der Waals surface area contributed by atoms with Crippen molar-refractivity contribution in [1.82, 2.24) is 0 Å². The molecule has 104 valence electrons. The first-order valence-corrected chi connectivity index (χ1v) is 5.96. The maximum absolute atomic E-state index is 12.3. The number of hydrogen-bond acceptors (Lipinski definition) is 1. The molecule has 11 heteroatoms. The van der Waals surface area contributed by atoms with Crippen LogP contribution < -0.4 is 0 Å². The van der Waals surface area contributed by atoms with Crippen molar-refractivity contribution < 1.29 is 44.6 Å². The highest BCUT2D eigenvalue weighted by atomic mass is 31.2. The zero-order chi connectivity index (χ0) is 14.1. The Bertz CT molecular complexity index is 278. The zero-order valence-corrected chi connectivity index (χ0v) is 8.79. The first-order valence-electron chi connectivity index (χ1n) is 3.93. The Labute approximate surface area is 90.1 Å². The summed E-state index contributed by atoms with van der Waals surface area (Å²) in [5, 5.41) is 0. The Kier molecular flexibility index (Phi) is 4.98. The molecule has 17 heavy (non-hydrogen) atoms. The highest BCUT2D eigenvalue weighted by Gasteiger charge is 2.52. The van der Waals surface area contributed by atoms with E-state index < -0.39 is 44.4 Å². The van der Waals surface area contributed by atoms with Crippen LogP contribution in [0.5, 0.6) is 0 Å². The molecule has 0 heterocycles. The summed E-state index contributed by atoms with van der Waals surface area (Å²) in [6, 6.07) is 0. The van der Waals surface area contributed by atoms with E-state index in [1.54, 1.807) is 0 Å². The molecule has 0 aliphatic heterocycles. The average molecular weight is 294 g/mol. The molecule has 0 saturated carbocycles. The van der Waals surface area contributed by atoms with Gasteiger partial charge in [-0.3, -0.25) is 4.57 Å². The Morgan fingerprint density at radius 2 is 1.12 bits per heavy atom. The molecule has 0 radical (unpaired) electrons. The van der Waals surface area contributed by atoms with Crippen molar-refractivity contribution in [3.8, 4) is 0 Å². The van der Waals surface area contributed by atoms with Crippen molar-refractivity contribution >= 4 is 7.37 Å². The third-order valence-electron chi connectivity index (χ3n) is 1.55. The van der Waals surface area contributed by atoms with E-state index in [2.05, 4.69) is 0 Å². The molecule has 0 amide bonds. The van der Waals surface area contributed by atoms with E-state index in [9.17, 15) is 39.7 Å². The fraction of sp³-hybridized carbons (Fsp3) is 1.00. The lowest BCUT2D eigenvalue weighted by atomic mass is 10.4. The molecule has 0 aliphatic rings. The van der Waals surface area contributed by atoms with E-state index in [0.29, 0.717) is 0 Å². The van der Waals surface area contributed by atoms with Crippen LogP contribution in [-0.4, -0.2) is 41.9 Å². The van der Waals surface area contributed by atoms with Crippen molar-refractivity contribution in [1.29, 1.82) is 0 Å². The van der Waals surface area contributed by atoms with Crippen molar-refractivity contribution in [3.63, 3.8) is 0 Å². The average Bonchev–Trinajstić information content (AvgIpc) is 1.98. The van der Waals surface area contributed by atoms with Crippen LogP contribution in [0.1, 0.15) is 0 Å². The second-order valence-electron chi connectivity index (χ2n) is 3.29. The molecule has 0 aromatic rings. The lowest BCUT2D eigenvalue weighted by Gasteiger charge is -2.22. The van der Waals surface area contributed by atoms with Crippen LogP contribution in [0.2, 0.25) is 0 Å². The van der Waals surface area contributed by atoms with Crippen LogP contribution in [0.25, 0.3) is 0 Å². The molecular formula is C6H7F8O2P. The van der Waals surface area contributed by atoms with E-state index in [-0.39, 0.29) is 0 Å². The topological polar surface area (TPSA) is 37.3 Å². The second-order valence-corrected chi connectivity index (χ2v) is 5.61. The molecule has 0 rings (SSSR count).